The van der Waals surface area contributed by atoms with Gasteiger partial charge in [0.15, 0.2) is 11.5 Å². The number of aliphatic carboxylic acids is 1. The minimum absolute atomic E-state index is 0.0483. The second-order valence-electron chi connectivity index (χ2n) is 9.02. The van der Waals surface area contributed by atoms with Crippen LogP contribution in [0.25, 0.3) is 33.6 Å². The molecule has 0 saturated carbocycles. The van der Waals surface area contributed by atoms with Gasteiger partial charge in [-0.15, -0.1) is 0 Å². The highest BCUT2D eigenvalue weighted by Crippen LogP contribution is 2.35. The number of carboxylic acid groups (broad SMARTS) is 1. The largest absolute Gasteiger partial charge is 0.480 e. The molecular formula is C30H22F3N3O4S. The molecule has 11 heteroatoms. The van der Waals surface area contributed by atoms with E-state index in [1.807, 2.05) is 60.7 Å². The molecule has 0 aliphatic rings. The molecule has 2 N–H and O–H groups in total. The number of oxazole rings is 1. The van der Waals surface area contributed by atoms with E-state index in [0.29, 0.717) is 11.3 Å². The van der Waals surface area contributed by atoms with Crippen LogP contribution in [0, 0.1) is 0 Å². The zero-order chi connectivity index (χ0) is 29.0. The Morgan fingerprint density at radius 2 is 1.68 bits per heavy atom. The topological polar surface area (TPSA) is 105 Å². The molecule has 0 aliphatic heterocycles. The molecule has 5 aromatic rings. The number of nitrogens with one attached hydrogen (secondary N) is 1. The molecule has 2 heterocycles. The van der Waals surface area contributed by atoms with Crippen molar-refractivity contribution < 1.29 is 32.3 Å². The molecule has 1 amide bonds. The minimum atomic E-state index is -4.65. The van der Waals surface area contributed by atoms with Gasteiger partial charge in [-0.1, -0.05) is 66.7 Å². The summed E-state index contributed by atoms with van der Waals surface area (Å²) in [5, 5.41) is 13.9. The lowest BCUT2D eigenvalue weighted by atomic mass is 10.0. The van der Waals surface area contributed by atoms with Crippen molar-refractivity contribution in [2.75, 3.05) is 5.75 Å². The summed E-state index contributed by atoms with van der Waals surface area (Å²) in [6.45, 7) is 0. The van der Waals surface area contributed by atoms with Crippen LogP contribution < -0.4 is 5.32 Å². The Hall–Kier alpha value is -4.64. The first-order chi connectivity index (χ1) is 19.7. The van der Waals surface area contributed by atoms with Gasteiger partial charge >= 0.3 is 12.1 Å². The van der Waals surface area contributed by atoms with Crippen molar-refractivity contribution in [2.24, 2.45) is 0 Å². The van der Waals surface area contributed by atoms with Gasteiger partial charge in [-0.05, 0) is 34.5 Å². The Labute approximate surface area is 236 Å². The summed E-state index contributed by atoms with van der Waals surface area (Å²) < 4.78 is 45.3. The first-order valence-corrected chi connectivity index (χ1v) is 13.5. The van der Waals surface area contributed by atoms with Gasteiger partial charge in [0.2, 0.25) is 5.89 Å². The second kappa shape index (κ2) is 11.8. The van der Waals surface area contributed by atoms with Crippen LogP contribution in [0.3, 0.4) is 0 Å². The number of pyridine rings is 1. The standard InChI is InChI=1S/C30H22F3N3O4S/c31-30(32,33)24-14-13-20(15-34-24)26-25(36-28(40-26)22-12-6-10-19-9-4-5-11-21(19)22)27(37)35-23(29(38)39)17-41-16-18-7-2-1-3-8-18/h1-15,23H,16-17H2,(H,35,37)(H,38,39). The highest BCUT2D eigenvalue weighted by atomic mass is 32.2. The molecule has 2 aromatic heterocycles. The molecule has 0 spiro atoms. The van der Waals surface area contributed by atoms with Crippen molar-refractivity contribution in [3.05, 3.63) is 108 Å². The molecule has 0 saturated heterocycles. The van der Waals surface area contributed by atoms with Crippen LogP contribution in [-0.4, -0.2) is 38.7 Å². The molecule has 5 rings (SSSR count). The third kappa shape index (κ3) is 6.41. The molecule has 0 bridgehead atoms. The zero-order valence-corrected chi connectivity index (χ0v) is 22.1. The molecule has 0 radical (unpaired) electrons. The molecule has 0 aliphatic carbocycles. The lowest BCUT2D eigenvalue weighted by molar-refractivity contribution is -0.141. The Kier molecular flexibility index (Phi) is 8.06. The van der Waals surface area contributed by atoms with E-state index in [1.54, 1.807) is 12.1 Å². The van der Waals surface area contributed by atoms with Crippen molar-refractivity contribution in [1.29, 1.82) is 0 Å². The van der Waals surface area contributed by atoms with Crippen molar-refractivity contribution in [2.45, 2.75) is 18.0 Å². The van der Waals surface area contributed by atoms with Crippen molar-refractivity contribution in [3.8, 4) is 22.8 Å². The second-order valence-corrected chi connectivity index (χ2v) is 10.0. The highest BCUT2D eigenvalue weighted by Gasteiger charge is 2.33. The number of amides is 1. The van der Waals surface area contributed by atoms with Crippen LogP contribution in [0.2, 0.25) is 0 Å². The third-order valence-electron chi connectivity index (χ3n) is 6.18. The molecule has 3 aromatic carbocycles. The van der Waals surface area contributed by atoms with Gasteiger partial charge in [-0.2, -0.15) is 24.9 Å². The third-order valence-corrected chi connectivity index (χ3v) is 7.28. The van der Waals surface area contributed by atoms with Crippen LogP contribution in [-0.2, 0) is 16.7 Å². The van der Waals surface area contributed by atoms with E-state index in [0.717, 1.165) is 34.7 Å². The average molecular weight is 578 g/mol. The summed E-state index contributed by atoms with van der Waals surface area (Å²) in [6, 6.07) is 22.9. The number of hydrogen-bond donors (Lipinski definition) is 2. The number of fused-ring (bicyclic) bond motifs is 1. The molecule has 41 heavy (non-hydrogen) atoms. The maximum atomic E-state index is 13.4. The van der Waals surface area contributed by atoms with Gasteiger partial charge in [0, 0.05) is 28.8 Å². The Morgan fingerprint density at radius 3 is 2.39 bits per heavy atom. The van der Waals surface area contributed by atoms with E-state index in [1.165, 1.54) is 11.8 Å². The van der Waals surface area contributed by atoms with Gasteiger partial charge < -0.3 is 14.8 Å². The molecule has 7 nitrogen and oxygen atoms in total. The fourth-order valence-electron chi connectivity index (χ4n) is 4.16. The Morgan fingerprint density at radius 1 is 0.951 bits per heavy atom. The van der Waals surface area contributed by atoms with Crippen molar-refractivity contribution in [1.82, 2.24) is 15.3 Å². The lowest BCUT2D eigenvalue weighted by Gasteiger charge is -2.14. The zero-order valence-electron chi connectivity index (χ0n) is 21.3. The van der Waals surface area contributed by atoms with E-state index >= 15 is 0 Å². The fourth-order valence-corrected chi connectivity index (χ4v) is 5.17. The van der Waals surface area contributed by atoms with Gasteiger partial charge in [0.25, 0.3) is 5.91 Å². The Balaban J connectivity index is 1.48. The highest BCUT2D eigenvalue weighted by molar-refractivity contribution is 7.98. The number of aromatic nitrogens is 2. The first kappa shape index (κ1) is 27.9. The predicted molar refractivity (Wildman–Crippen MR) is 149 cm³/mol. The SMILES string of the molecule is O=C(NC(CSCc1ccccc1)C(=O)O)c1nc(-c2cccc3ccccc23)oc1-c1ccc(C(F)(F)F)nc1. The summed E-state index contributed by atoms with van der Waals surface area (Å²) in [7, 11) is 0. The molecule has 1 unspecified atom stereocenters. The smallest absolute Gasteiger partial charge is 0.433 e. The lowest BCUT2D eigenvalue weighted by Crippen LogP contribution is -2.42. The van der Waals surface area contributed by atoms with Crippen LogP contribution >= 0.6 is 11.8 Å². The number of thioether (sulfide) groups is 1. The quantitative estimate of drug-likeness (QED) is 0.201. The normalized spacial score (nSPS) is 12.3. The van der Waals surface area contributed by atoms with Crippen LogP contribution in [0.15, 0.2) is 95.5 Å². The van der Waals surface area contributed by atoms with E-state index in [4.69, 9.17) is 4.42 Å². The summed E-state index contributed by atoms with van der Waals surface area (Å²) in [6.07, 6.45) is -3.71. The predicted octanol–water partition coefficient (Wildman–Crippen LogP) is 6.69. The number of benzene rings is 3. The summed E-state index contributed by atoms with van der Waals surface area (Å²) >= 11 is 1.33. The number of carboxylic acids is 1. The van der Waals surface area contributed by atoms with E-state index in [2.05, 4.69) is 15.3 Å². The number of hydrogen-bond acceptors (Lipinski definition) is 6. The van der Waals surface area contributed by atoms with E-state index < -0.39 is 29.8 Å². The molecule has 1 atom stereocenters. The van der Waals surface area contributed by atoms with Crippen molar-refractivity contribution in [3.63, 3.8) is 0 Å². The van der Waals surface area contributed by atoms with Crippen LogP contribution in [0.4, 0.5) is 13.2 Å². The number of rotatable bonds is 9. The minimum Gasteiger partial charge on any atom is -0.480 e. The summed E-state index contributed by atoms with van der Waals surface area (Å²) in [5.41, 5.74) is 0.251. The van der Waals surface area contributed by atoms with Crippen molar-refractivity contribution >= 4 is 34.4 Å². The fraction of sp³-hybridized carbons (Fsp3) is 0.133. The summed E-state index contributed by atoms with van der Waals surface area (Å²) in [4.78, 5) is 33.3. The molecular weight excluding hydrogens is 555 g/mol. The molecule has 0 fully saturated rings. The van der Waals surface area contributed by atoms with Crippen LogP contribution in [0.5, 0.6) is 0 Å². The first-order valence-electron chi connectivity index (χ1n) is 12.4. The monoisotopic (exact) mass is 577 g/mol. The number of alkyl halides is 3. The van der Waals surface area contributed by atoms with Gasteiger partial charge in [-0.25, -0.2) is 9.78 Å². The van der Waals surface area contributed by atoms with E-state index in [9.17, 15) is 27.9 Å². The average Bonchev–Trinajstić information content (AvgIpc) is 3.42. The van der Waals surface area contributed by atoms with E-state index in [-0.39, 0.29) is 28.7 Å². The number of carbonyl (C=O) groups is 2. The Bertz CT molecular complexity index is 1680. The number of carbonyl (C=O) groups excluding carboxylic acids is 1. The van der Waals surface area contributed by atoms with Gasteiger partial charge in [0.1, 0.15) is 11.7 Å². The maximum Gasteiger partial charge on any atom is 0.433 e. The van der Waals surface area contributed by atoms with Gasteiger partial charge in [-0.3, -0.25) is 9.78 Å². The van der Waals surface area contributed by atoms with Crippen LogP contribution in [0.1, 0.15) is 21.7 Å². The summed E-state index contributed by atoms with van der Waals surface area (Å²) in [5.74, 6) is -1.56. The number of halogens is 3. The van der Waals surface area contributed by atoms with Gasteiger partial charge in [0.05, 0.1) is 0 Å². The maximum absolute atomic E-state index is 13.4. The molecule has 208 valence electrons. The number of nitrogens with zero attached hydrogens (tertiary/aromatic N) is 2.